The molecule has 5 nitrogen and oxygen atoms in total. The van der Waals surface area contributed by atoms with Crippen LogP contribution in [-0.2, 0) is 4.79 Å². The van der Waals surface area contributed by atoms with E-state index in [2.05, 4.69) is 10.3 Å². The van der Waals surface area contributed by atoms with E-state index in [1.807, 2.05) is 6.92 Å². The van der Waals surface area contributed by atoms with Crippen LogP contribution in [0.25, 0.3) is 0 Å². The smallest absolute Gasteiger partial charge is 0.254 e. The van der Waals surface area contributed by atoms with Crippen molar-refractivity contribution in [2.75, 3.05) is 20.1 Å². The fourth-order valence-corrected chi connectivity index (χ4v) is 2.85. The molecule has 108 valence electrons. The summed E-state index contributed by atoms with van der Waals surface area (Å²) in [7, 11) is 1.60. The van der Waals surface area contributed by atoms with Crippen molar-refractivity contribution in [2.45, 2.75) is 13.3 Å². The molecule has 1 aliphatic rings. The van der Waals surface area contributed by atoms with Gasteiger partial charge in [0.15, 0.2) is 0 Å². The normalized spacial score (nSPS) is 21.9. The molecule has 0 spiro atoms. The van der Waals surface area contributed by atoms with E-state index < -0.39 is 5.41 Å². The van der Waals surface area contributed by atoms with Gasteiger partial charge in [-0.1, -0.05) is 23.2 Å². The molecule has 1 aromatic heterocycles. The van der Waals surface area contributed by atoms with E-state index in [4.69, 9.17) is 23.2 Å². The monoisotopic (exact) mass is 315 g/mol. The Morgan fingerprint density at radius 3 is 2.50 bits per heavy atom. The molecular formula is C13H15Cl2N3O2. The fourth-order valence-electron chi connectivity index (χ4n) is 2.39. The van der Waals surface area contributed by atoms with E-state index in [1.54, 1.807) is 11.9 Å². The lowest BCUT2D eigenvalue weighted by Crippen LogP contribution is -2.40. The fraction of sp³-hybridized carbons (Fsp3) is 0.462. The zero-order chi connectivity index (χ0) is 14.9. The summed E-state index contributed by atoms with van der Waals surface area (Å²) in [4.78, 5) is 29.7. The van der Waals surface area contributed by atoms with Gasteiger partial charge >= 0.3 is 0 Å². The predicted molar refractivity (Wildman–Crippen MR) is 77.0 cm³/mol. The number of hydrogen-bond donors (Lipinski definition) is 1. The molecule has 1 unspecified atom stereocenters. The summed E-state index contributed by atoms with van der Waals surface area (Å²) >= 11 is 11.6. The first-order valence-electron chi connectivity index (χ1n) is 6.20. The molecule has 7 heteroatoms. The van der Waals surface area contributed by atoms with E-state index in [0.717, 1.165) is 0 Å². The first kappa shape index (κ1) is 15.1. The molecule has 0 bridgehead atoms. The van der Waals surface area contributed by atoms with Gasteiger partial charge in [-0.15, -0.1) is 0 Å². The van der Waals surface area contributed by atoms with Crippen LogP contribution in [0.15, 0.2) is 12.1 Å². The van der Waals surface area contributed by atoms with E-state index in [1.165, 1.54) is 12.1 Å². The number of carbonyl (C=O) groups is 2. The van der Waals surface area contributed by atoms with Gasteiger partial charge in [-0.3, -0.25) is 9.59 Å². The minimum atomic E-state index is -0.551. The summed E-state index contributed by atoms with van der Waals surface area (Å²) in [5.41, 5.74) is -0.165. The Morgan fingerprint density at radius 2 is 1.95 bits per heavy atom. The van der Waals surface area contributed by atoms with Crippen LogP contribution in [0.3, 0.4) is 0 Å². The molecule has 2 heterocycles. The average Bonchev–Trinajstić information content (AvgIpc) is 2.79. The number of pyridine rings is 1. The van der Waals surface area contributed by atoms with E-state index in [-0.39, 0.29) is 22.1 Å². The number of likely N-dealkylation sites (tertiary alicyclic amines) is 1. The predicted octanol–water partition coefficient (Wildman–Crippen LogP) is 1.99. The van der Waals surface area contributed by atoms with Crippen LogP contribution in [0.1, 0.15) is 23.7 Å². The lowest BCUT2D eigenvalue weighted by atomic mass is 9.89. The lowest BCUT2D eigenvalue weighted by molar-refractivity contribution is -0.128. The van der Waals surface area contributed by atoms with Crippen molar-refractivity contribution in [1.29, 1.82) is 0 Å². The SMILES string of the molecule is CNC(=O)C1(C)CCN(C(=O)c2cc(Cl)nc(Cl)c2)C1. The van der Waals surface area contributed by atoms with Gasteiger partial charge in [-0.25, -0.2) is 4.98 Å². The Labute approximate surface area is 127 Å². The number of aromatic nitrogens is 1. The standard InChI is InChI=1S/C13H15Cl2N3O2/c1-13(12(20)16-2)3-4-18(7-13)11(19)8-5-9(14)17-10(15)6-8/h5-6H,3-4,7H2,1-2H3,(H,16,20). The molecule has 1 aromatic rings. The van der Waals surface area contributed by atoms with E-state index in [9.17, 15) is 9.59 Å². The molecule has 1 atom stereocenters. The van der Waals surface area contributed by atoms with Crippen molar-refractivity contribution in [3.8, 4) is 0 Å². The van der Waals surface area contributed by atoms with Crippen LogP contribution in [0.4, 0.5) is 0 Å². The third kappa shape index (κ3) is 2.88. The van der Waals surface area contributed by atoms with Crippen molar-refractivity contribution in [2.24, 2.45) is 5.41 Å². The Balaban J connectivity index is 2.17. The number of amides is 2. The summed E-state index contributed by atoms with van der Waals surface area (Å²) in [5, 5.41) is 2.99. The molecule has 0 aromatic carbocycles. The van der Waals surface area contributed by atoms with E-state index >= 15 is 0 Å². The average molecular weight is 316 g/mol. The molecule has 1 aliphatic heterocycles. The highest BCUT2D eigenvalue weighted by atomic mass is 35.5. The topological polar surface area (TPSA) is 62.3 Å². The highest BCUT2D eigenvalue weighted by molar-refractivity contribution is 6.33. The largest absolute Gasteiger partial charge is 0.359 e. The van der Waals surface area contributed by atoms with Gasteiger partial charge < -0.3 is 10.2 Å². The zero-order valence-electron chi connectivity index (χ0n) is 11.2. The van der Waals surface area contributed by atoms with Gasteiger partial charge in [-0.2, -0.15) is 0 Å². The molecule has 20 heavy (non-hydrogen) atoms. The van der Waals surface area contributed by atoms with Crippen molar-refractivity contribution in [3.05, 3.63) is 28.0 Å². The first-order valence-corrected chi connectivity index (χ1v) is 6.96. The molecule has 1 N–H and O–H groups in total. The number of nitrogens with zero attached hydrogens (tertiary/aromatic N) is 2. The molecule has 1 fully saturated rings. The highest BCUT2D eigenvalue weighted by Gasteiger charge is 2.41. The van der Waals surface area contributed by atoms with Crippen LogP contribution in [-0.4, -0.2) is 41.8 Å². The van der Waals surface area contributed by atoms with Gasteiger partial charge in [0.1, 0.15) is 10.3 Å². The number of rotatable bonds is 2. The highest BCUT2D eigenvalue weighted by Crippen LogP contribution is 2.31. The molecule has 1 saturated heterocycles. The molecule has 2 rings (SSSR count). The van der Waals surface area contributed by atoms with Crippen LogP contribution in [0.2, 0.25) is 10.3 Å². The number of hydrogen-bond acceptors (Lipinski definition) is 3. The second-order valence-corrected chi connectivity index (χ2v) is 5.89. The Morgan fingerprint density at radius 1 is 1.35 bits per heavy atom. The van der Waals surface area contributed by atoms with Crippen LogP contribution in [0, 0.1) is 5.41 Å². The lowest BCUT2D eigenvalue weighted by Gasteiger charge is -2.22. The molecule has 0 saturated carbocycles. The van der Waals surface area contributed by atoms with E-state index in [0.29, 0.717) is 25.1 Å². The van der Waals surface area contributed by atoms with Crippen molar-refractivity contribution < 1.29 is 9.59 Å². The third-order valence-electron chi connectivity index (χ3n) is 3.55. The van der Waals surface area contributed by atoms with Gasteiger partial charge in [0.2, 0.25) is 5.91 Å². The Kier molecular flexibility index (Phi) is 4.20. The molecule has 2 amide bonds. The summed E-state index contributed by atoms with van der Waals surface area (Å²) < 4.78 is 0. The second-order valence-electron chi connectivity index (χ2n) is 5.12. The van der Waals surface area contributed by atoms with Crippen molar-refractivity contribution in [1.82, 2.24) is 15.2 Å². The number of halogens is 2. The molecular weight excluding hydrogens is 301 g/mol. The van der Waals surface area contributed by atoms with Gasteiger partial charge in [-0.05, 0) is 25.5 Å². The zero-order valence-corrected chi connectivity index (χ0v) is 12.8. The van der Waals surface area contributed by atoms with Crippen LogP contribution < -0.4 is 5.32 Å². The van der Waals surface area contributed by atoms with Crippen molar-refractivity contribution >= 4 is 35.0 Å². The summed E-state index contributed by atoms with van der Waals surface area (Å²) in [5.74, 6) is -0.248. The first-order chi connectivity index (χ1) is 9.35. The number of carbonyl (C=O) groups excluding carboxylic acids is 2. The summed E-state index contributed by atoms with van der Waals surface area (Å²) in [6.07, 6.45) is 0.630. The Hall–Kier alpha value is -1.33. The minimum absolute atomic E-state index is 0.0569. The number of nitrogens with one attached hydrogen (secondary N) is 1. The van der Waals surface area contributed by atoms with Gasteiger partial charge in [0.25, 0.3) is 5.91 Å². The van der Waals surface area contributed by atoms with Gasteiger partial charge in [0, 0.05) is 25.7 Å². The third-order valence-corrected chi connectivity index (χ3v) is 3.93. The Bertz CT molecular complexity index is 544. The quantitative estimate of drug-likeness (QED) is 0.849. The summed E-state index contributed by atoms with van der Waals surface area (Å²) in [6, 6.07) is 2.96. The summed E-state index contributed by atoms with van der Waals surface area (Å²) in [6.45, 7) is 2.76. The molecule has 0 aliphatic carbocycles. The maximum Gasteiger partial charge on any atom is 0.254 e. The van der Waals surface area contributed by atoms with Crippen LogP contribution in [0.5, 0.6) is 0 Å². The minimum Gasteiger partial charge on any atom is -0.359 e. The molecule has 0 radical (unpaired) electrons. The maximum atomic E-state index is 12.4. The second kappa shape index (κ2) is 5.58. The van der Waals surface area contributed by atoms with Crippen molar-refractivity contribution in [3.63, 3.8) is 0 Å². The van der Waals surface area contributed by atoms with Crippen LogP contribution >= 0.6 is 23.2 Å². The van der Waals surface area contributed by atoms with Gasteiger partial charge in [0.05, 0.1) is 5.41 Å². The maximum absolute atomic E-state index is 12.4.